The van der Waals surface area contributed by atoms with E-state index >= 15 is 0 Å². The SMILES string of the molecule is O=C(O)C1CC12CCN(C(=O)c1ccc(COc3ccccc3)cc1)CC2. The van der Waals surface area contributed by atoms with Gasteiger partial charge in [0.25, 0.3) is 5.91 Å². The van der Waals surface area contributed by atoms with Crippen molar-refractivity contribution in [3.8, 4) is 5.75 Å². The van der Waals surface area contributed by atoms with Crippen LogP contribution in [0.2, 0.25) is 0 Å². The smallest absolute Gasteiger partial charge is 0.307 e. The first-order chi connectivity index (χ1) is 13.1. The molecular formula is C22H23NO4. The zero-order chi connectivity index (χ0) is 18.9. The summed E-state index contributed by atoms with van der Waals surface area (Å²) in [5.41, 5.74) is 1.62. The molecule has 1 aliphatic carbocycles. The van der Waals surface area contributed by atoms with Crippen LogP contribution in [0.5, 0.6) is 5.75 Å². The minimum absolute atomic E-state index is 0.0212. The van der Waals surface area contributed by atoms with Crippen LogP contribution in [0.3, 0.4) is 0 Å². The molecule has 1 saturated heterocycles. The summed E-state index contributed by atoms with van der Waals surface area (Å²) in [6.07, 6.45) is 2.35. The van der Waals surface area contributed by atoms with Crippen molar-refractivity contribution in [1.29, 1.82) is 0 Å². The molecule has 4 rings (SSSR count). The number of ether oxygens (including phenoxy) is 1. The van der Waals surface area contributed by atoms with Gasteiger partial charge < -0.3 is 14.7 Å². The fourth-order valence-electron chi connectivity index (χ4n) is 4.01. The van der Waals surface area contributed by atoms with Crippen LogP contribution >= 0.6 is 0 Å². The van der Waals surface area contributed by atoms with Gasteiger partial charge >= 0.3 is 5.97 Å². The van der Waals surface area contributed by atoms with Gasteiger partial charge in [-0.05, 0) is 54.5 Å². The van der Waals surface area contributed by atoms with Crippen molar-refractivity contribution in [3.05, 3.63) is 65.7 Å². The summed E-state index contributed by atoms with van der Waals surface area (Å²) >= 11 is 0. The van der Waals surface area contributed by atoms with Gasteiger partial charge in [-0.25, -0.2) is 0 Å². The van der Waals surface area contributed by atoms with E-state index in [-0.39, 0.29) is 17.2 Å². The van der Waals surface area contributed by atoms with E-state index < -0.39 is 5.97 Å². The Morgan fingerprint density at radius 2 is 1.70 bits per heavy atom. The minimum atomic E-state index is -0.692. The van der Waals surface area contributed by atoms with Crippen molar-refractivity contribution in [1.82, 2.24) is 4.90 Å². The summed E-state index contributed by atoms with van der Waals surface area (Å²) < 4.78 is 5.72. The van der Waals surface area contributed by atoms with Crippen molar-refractivity contribution >= 4 is 11.9 Å². The van der Waals surface area contributed by atoms with E-state index in [1.54, 1.807) is 0 Å². The molecule has 1 amide bonds. The van der Waals surface area contributed by atoms with Gasteiger partial charge in [0.05, 0.1) is 5.92 Å². The second kappa shape index (κ2) is 7.06. The van der Waals surface area contributed by atoms with E-state index in [0.717, 1.165) is 30.6 Å². The highest BCUT2D eigenvalue weighted by atomic mass is 16.5. The number of carbonyl (C=O) groups excluding carboxylic acids is 1. The summed E-state index contributed by atoms with van der Waals surface area (Å²) in [6.45, 7) is 1.74. The molecular weight excluding hydrogens is 342 g/mol. The Kier molecular flexibility index (Phi) is 4.60. The van der Waals surface area contributed by atoms with E-state index in [0.29, 0.717) is 25.3 Å². The number of carboxylic acid groups (broad SMARTS) is 1. The Morgan fingerprint density at radius 1 is 1.04 bits per heavy atom. The van der Waals surface area contributed by atoms with E-state index in [2.05, 4.69) is 0 Å². The molecule has 5 heteroatoms. The first-order valence-electron chi connectivity index (χ1n) is 9.36. The molecule has 1 N–H and O–H groups in total. The van der Waals surface area contributed by atoms with Crippen molar-refractivity contribution in [2.75, 3.05) is 13.1 Å². The molecule has 0 bridgehead atoms. The number of amides is 1. The molecule has 2 fully saturated rings. The molecule has 27 heavy (non-hydrogen) atoms. The number of para-hydroxylation sites is 1. The van der Waals surface area contributed by atoms with Gasteiger partial charge in [0.15, 0.2) is 0 Å². The van der Waals surface area contributed by atoms with Gasteiger partial charge in [-0.1, -0.05) is 30.3 Å². The molecule has 2 aromatic rings. The van der Waals surface area contributed by atoms with E-state index in [9.17, 15) is 14.7 Å². The molecule has 1 atom stereocenters. The zero-order valence-corrected chi connectivity index (χ0v) is 15.1. The average Bonchev–Trinajstić information content (AvgIpc) is 3.41. The minimum Gasteiger partial charge on any atom is -0.489 e. The largest absolute Gasteiger partial charge is 0.489 e. The second-order valence-corrected chi connectivity index (χ2v) is 7.55. The molecule has 1 saturated carbocycles. The Labute approximate surface area is 158 Å². The van der Waals surface area contributed by atoms with E-state index in [1.807, 2.05) is 59.5 Å². The molecule has 2 aromatic carbocycles. The van der Waals surface area contributed by atoms with Gasteiger partial charge in [0, 0.05) is 18.7 Å². The van der Waals surface area contributed by atoms with Crippen molar-refractivity contribution < 1.29 is 19.4 Å². The standard InChI is InChI=1S/C22H23NO4/c24-20(23-12-10-22(11-13-23)14-19(22)21(25)26)17-8-6-16(7-9-17)15-27-18-4-2-1-3-5-18/h1-9,19H,10-15H2,(H,25,26). The Morgan fingerprint density at radius 3 is 2.30 bits per heavy atom. The molecule has 0 radical (unpaired) electrons. The molecule has 1 spiro atoms. The predicted octanol–water partition coefficient (Wildman–Crippen LogP) is 3.59. The van der Waals surface area contributed by atoms with Gasteiger partial charge in [0.2, 0.25) is 0 Å². The normalized spacial score (nSPS) is 20.3. The summed E-state index contributed by atoms with van der Waals surface area (Å²) in [6, 6.07) is 17.2. The van der Waals surface area contributed by atoms with Crippen LogP contribution in [0.4, 0.5) is 0 Å². The fraction of sp³-hybridized carbons (Fsp3) is 0.364. The zero-order valence-electron chi connectivity index (χ0n) is 15.1. The lowest BCUT2D eigenvalue weighted by molar-refractivity contribution is -0.139. The predicted molar refractivity (Wildman–Crippen MR) is 101 cm³/mol. The monoisotopic (exact) mass is 365 g/mol. The Balaban J connectivity index is 1.31. The average molecular weight is 365 g/mol. The van der Waals surface area contributed by atoms with Crippen molar-refractivity contribution in [3.63, 3.8) is 0 Å². The van der Waals surface area contributed by atoms with Crippen LogP contribution in [0, 0.1) is 11.3 Å². The fourth-order valence-corrected chi connectivity index (χ4v) is 4.01. The number of rotatable bonds is 5. The molecule has 0 aromatic heterocycles. The van der Waals surface area contributed by atoms with Gasteiger partial charge in [-0.3, -0.25) is 9.59 Å². The highest BCUT2D eigenvalue weighted by molar-refractivity contribution is 5.94. The number of hydrogen-bond donors (Lipinski definition) is 1. The molecule has 2 aliphatic rings. The number of aliphatic carboxylic acids is 1. The number of carbonyl (C=O) groups is 2. The van der Waals surface area contributed by atoms with Crippen molar-refractivity contribution in [2.45, 2.75) is 25.9 Å². The summed E-state index contributed by atoms with van der Waals surface area (Å²) in [4.78, 5) is 25.7. The first-order valence-corrected chi connectivity index (χ1v) is 9.36. The van der Waals surface area contributed by atoms with Crippen LogP contribution in [0.1, 0.15) is 35.2 Å². The van der Waals surface area contributed by atoms with Gasteiger partial charge in [0.1, 0.15) is 12.4 Å². The molecule has 1 aliphatic heterocycles. The lowest BCUT2D eigenvalue weighted by atomic mass is 9.90. The Bertz CT molecular complexity index is 823. The van der Waals surface area contributed by atoms with Crippen LogP contribution in [-0.4, -0.2) is 35.0 Å². The maximum absolute atomic E-state index is 12.7. The summed E-state index contributed by atoms with van der Waals surface area (Å²) in [5.74, 6) is -0.0609. The highest BCUT2D eigenvalue weighted by Crippen LogP contribution is 2.59. The van der Waals surface area contributed by atoms with E-state index in [1.165, 1.54) is 0 Å². The first kappa shape index (κ1) is 17.6. The maximum Gasteiger partial charge on any atom is 0.307 e. The number of hydrogen-bond acceptors (Lipinski definition) is 3. The maximum atomic E-state index is 12.7. The van der Waals surface area contributed by atoms with Crippen LogP contribution < -0.4 is 4.74 Å². The quantitative estimate of drug-likeness (QED) is 0.879. The number of likely N-dealkylation sites (tertiary alicyclic amines) is 1. The van der Waals surface area contributed by atoms with Gasteiger partial charge in [-0.2, -0.15) is 0 Å². The topological polar surface area (TPSA) is 66.8 Å². The Hall–Kier alpha value is -2.82. The highest BCUT2D eigenvalue weighted by Gasteiger charge is 2.59. The van der Waals surface area contributed by atoms with Crippen LogP contribution in [-0.2, 0) is 11.4 Å². The molecule has 5 nitrogen and oxygen atoms in total. The lowest BCUT2D eigenvalue weighted by Crippen LogP contribution is -2.40. The van der Waals surface area contributed by atoms with Gasteiger partial charge in [-0.15, -0.1) is 0 Å². The molecule has 1 unspecified atom stereocenters. The third-order valence-corrected chi connectivity index (χ3v) is 5.88. The second-order valence-electron chi connectivity index (χ2n) is 7.55. The third kappa shape index (κ3) is 3.68. The van der Waals surface area contributed by atoms with Crippen LogP contribution in [0.15, 0.2) is 54.6 Å². The van der Waals surface area contributed by atoms with Crippen molar-refractivity contribution in [2.24, 2.45) is 11.3 Å². The van der Waals surface area contributed by atoms with E-state index in [4.69, 9.17) is 4.74 Å². The number of carboxylic acids is 1. The summed E-state index contributed by atoms with van der Waals surface area (Å²) in [5, 5.41) is 9.18. The molecule has 140 valence electrons. The molecule has 1 heterocycles. The number of piperidine rings is 1. The third-order valence-electron chi connectivity index (χ3n) is 5.88. The lowest BCUT2D eigenvalue weighted by Gasteiger charge is -2.32. The number of benzene rings is 2. The number of nitrogens with zero attached hydrogens (tertiary/aromatic N) is 1. The summed E-state index contributed by atoms with van der Waals surface area (Å²) in [7, 11) is 0. The van der Waals surface area contributed by atoms with Crippen LogP contribution in [0.25, 0.3) is 0 Å².